The maximum atomic E-state index is 12.5. The van der Waals surface area contributed by atoms with Gasteiger partial charge in [-0.1, -0.05) is 18.2 Å². The summed E-state index contributed by atoms with van der Waals surface area (Å²) < 4.78 is 48.8. The number of benzene rings is 1. The topological polar surface area (TPSA) is 61.5 Å². The third-order valence-corrected chi connectivity index (χ3v) is 4.25. The molecule has 6 nitrogen and oxygen atoms in total. The number of imidazole rings is 1. The quantitative estimate of drug-likeness (QED) is 0.410. The summed E-state index contributed by atoms with van der Waals surface area (Å²) in [4.78, 5) is 8.52. The number of alkyl halides is 3. The minimum absolute atomic E-state index is 0.308. The average molecular weight is 414 g/mol. The molecule has 0 aliphatic carbocycles. The molecular formula is C21H17F3N4O2. The molecule has 0 spiro atoms. The lowest BCUT2D eigenvalue weighted by Crippen LogP contribution is -2.17. The summed E-state index contributed by atoms with van der Waals surface area (Å²) in [5.41, 5.74) is 2.55. The molecule has 0 atom stereocenters. The molecule has 0 unspecified atom stereocenters. The molecular weight excluding hydrogens is 397 g/mol. The number of pyridine rings is 1. The molecule has 3 aromatic heterocycles. The van der Waals surface area contributed by atoms with Gasteiger partial charge in [0.1, 0.15) is 5.75 Å². The first kappa shape index (κ1) is 19.7. The Morgan fingerprint density at radius 2 is 1.87 bits per heavy atom. The van der Waals surface area contributed by atoms with Gasteiger partial charge in [-0.25, -0.2) is 9.50 Å². The van der Waals surface area contributed by atoms with E-state index in [4.69, 9.17) is 4.74 Å². The van der Waals surface area contributed by atoms with Crippen LogP contribution in [0.1, 0.15) is 12.1 Å². The van der Waals surface area contributed by atoms with E-state index in [9.17, 15) is 13.2 Å². The summed E-state index contributed by atoms with van der Waals surface area (Å²) in [6.07, 6.45) is 0.0866. The van der Waals surface area contributed by atoms with Gasteiger partial charge >= 0.3 is 6.36 Å². The standard InChI is InChI=1S/C21H17F3N4O2/c22-21(23,24)30-17-8-3-5-15(13-17)18-14-26-19-9-10-20(27-28(18)19)29-12-4-7-16-6-1-2-11-25-16/h1-3,5-6,8-11,13-14H,4,7,12H2. The second-order valence-corrected chi connectivity index (χ2v) is 6.43. The summed E-state index contributed by atoms with van der Waals surface area (Å²) in [6, 6.07) is 14.9. The van der Waals surface area contributed by atoms with Gasteiger partial charge in [0.2, 0.25) is 5.88 Å². The summed E-state index contributed by atoms with van der Waals surface area (Å²) in [5.74, 6) is 0.0855. The number of halogens is 3. The molecule has 4 aromatic rings. The third-order valence-electron chi connectivity index (χ3n) is 4.25. The van der Waals surface area contributed by atoms with Crippen molar-refractivity contribution < 1.29 is 22.6 Å². The number of rotatable bonds is 7. The lowest BCUT2D eigenvalue weighted by Gasteiger charge is -2.10. The van der Waals surface area contributed by atoms with E-state index in [0.717, 1.165) is 18.5 Å². The van der Waals surface area contributed by atoms with Gasteiger partial charge in [0.05, 0.1) is 18.5 Å². The molecule has 9 heteroatoms. The van der Waals surface area contributed by atoms with Gasteiger partial charge in [-0.05, 0) is 43.2 Å². The molecule has 0 aliphatic heterocycles. The summed E-state index contributed by atoms with van der Waals surface area (Å²) in [6.45, 7) is 0.452. The van der Waals surface area contributed by atoms with Crippen molar-refractivity contribution in [2.24, 2.45) is 0 Å². The Morgan fingerprint density at radius 3 is 2.67 bits per heavy atom. The number of ether oxygens (including phenoxy) is 2. The average Bonchev–Trinajstić information content (AvgIpc) is 3.14. The lowest BCUT2D eigenvalue weighted by atomic mass is 10.1. The molecule has 0 saturated heterocycles. The number of aryl methyl sites for hydroxylation is 1. The van der Waals surface area contributed by atoms with Crippen LogP contribution in [0.3, 0.4) is 0 Å². The van der Waals surface area contributed by atoms with Crippen LogP contribution < -0.4 is 9.47 Å². The molecule has 0 bridgehead atoms. The van der Waals surface area contributed by atoms with E-state index in [-0.39, 0.29) is 5.75 Å². The Labute approximate surface area is 169 Å². The predicted molar refractivity (Wildman–Crippen MR) is 103 cm³/mol. The number of nitrogens with zero attached hydrogens (tertiary/aromatic N) is 4. The normalized spacial score (nSPS) is 11.6. The molecule has 0 radical (unpaired) electrons. The number of aromatic nitrogens is 4. The van der Waals surface area contributed by atoms with E-state index in [2.05, 4.69) is 19.8 Å². The van der Waals surface area contributed by atoms with Crippen LogP contribution in [0, 0.1) is 0 Å². The highest BCUT2D eigenvalue weighted by atomic mass is 19.4. The van der Waals surface area contributed by atoms with Crippen LogP contribution in [0.25, 0.3) is 16.9 Å². The maximum Gasteiger partial charge on any atom is 0.573 e. The minimum Gasteiger partial charge on any atom is -0.477 e. The van der Waals surface area contributed by atoms with E-state index in [1.807, 2.05) is 18.2 Å². The van der Waals surface area contributed by atoms with Crippen molar-refractivity contribution in [2.75, 3.05) is 6.61 Å². The Kier molecular flexibility index (Phi) is 5.51. The Balaban J connectivity index is 1.48. The van der Waals surface area contributed by atoms with Crippen LogP contribution in [0.5, 0.6) is 11.6 Å². The highest BCUT2D eigenvalue weighted by Crippen LogP contribution is 2.28. The minimum atomic E-state index is -4.76. The maximum absolute atomic E-state index is 12.5. The van der Waals surface area contributed by atoms with Crippen LogP contribution >= 0.6 is 0 Å². The summed E-state index contributed by atoms with van der Waals surface area (Å²) >= 11 is 0. The Hall–Kier alpha value is -3.62. The monoisotopic (exact) mass is 414 g/mol. The largest absolute Gasteiger partial charge is 0.573 e. The smallest absolute Gasteiger partial charge is 0.477 e. The van der Waals surface area contributed by atoms with Crippen molar-refractivity contribution in [1.29, 1.82) is 0 Å². The molecule has 1 aromatic carbocycles. The van der Waals surface area contributed by atoms with E-state index in [1.165, 1.54) is 22.7 Å². The SMILES string of the molecule is FC(F)(F)Oc1cccc(-c2cnc3ccc(OCCCc4ccccn4)nn23)c1. The first-order valence-corrected chi connectivity index (χ1v) is 9.22. The lowest BCUT2D eigenvalue weighted by molar-refractivity contribution is -0.274. The molecule has 0 fully saturated rings. The van der Waals surface area contributed by atoms with Crippen molar-refractivity contribution >= 4 is 5.65 Å². The molecule has 30 heavy (non-hydrogen) atoms. The Morgan fingerprint density at radius 1 is 0.967 bits per heavy atom. The van der Waals surface area contributed by atoms with Gasteiger partial charge in [0.25, 0.3) is 0 Å². The van der Waals surface area contributed by atoms with Crippen LogP contribution in [-0.4, -0.2) is 32.6 Å². The van der Waals surface area contributed by atoms with Crippen LogP contribution in [-0.2, 0) is 6.42 Å². The number of fused-ring (bicyclic) bond motifs is 1. The summed E-state index contributed by atoms with van der Waals surface area (Å²) in [7, 11) is 0. The molecule has 4 rings (SSSR count). The van der Waals surface area contributed by atoms with Gasteiger partial charge in [-0.3, -0.25) is 4.98 Å². The molecule has 0 N–H and O–H groups in total. The first-order valence-electron chi connectivity index (χ1n) is 9.22. The molecule has 154 valence electrons. The molecule has 0 aliphatic rings. The van der Waals surface area contributed by atoms with Crippen molar-refractivity contribution in [1.82, 2.24) is 19.6 Å². The second kappa shape index (κ2) is 8.40. The van der Waals surface area contributed by atoms with Crippen LogP contribution in [0.15, 0.2) is 67.0 Å². The van der Waals surface area contributed by atoms with Gasteiger partial charge in [0.15, 0.2) is 5.65 Å². The highest BCUT2D eigenvalue weighted by Gasteiger charge is 2.31. The van der Waals surface area contributed by atoms with E-state index >= 15 is 0 Å². The van der Waals surface area contributed by atoms with E-state index < -0.39 is 6.36 Å². The number of hydrogen-bond donors (Lipinski definition) is 0. The van der Waals surface area contributed by atoms with Crippen molar-refractivity contribution in [3.05, 3.63) is 72.7 Å². The van der Waals surface area contributed by atoms with Gasteiger partial charge in [-0.2, -0.15) is 0 Å². The van der Waals surface area contributed by atoms with Crippen molar-refractivity contribution in [3.63, 3.8) is 0 Å². The van der Waals surface area contributed by atoms with Crippen LogP contribution in [0.4, 0.5) is 13.2 Å². The van der Waals surface area contributed by atoms with Gasteiger partial charge in [0, 0.05) is 23.5 Å². The van der Waals surface area contributed by atoms with E-state index in [1.54, 1.807) is 30.6 Å². The van der Waals surface area contributed by atoms with Crippen molar-refractivity contribution in [3.8, 4) is 22.9 Å². The molecule has 3 heterocycles. The highest BCUT2D eigenvalue weighted by molar-refractivity contribution is 5.64. The van der Waals surface area contributed by atoms with E-state index in [0.29, 0.717) is 29.4 Å². The zero-order valence-electron chi connectivity index (χ0n) is 15.7. The first-order chi connectivity index (χ1) is 14.5. The fourth-order valence-corrected chi connectivity index (χ4v) is 2.96. The van der Waals surface area contributed by atoms with Crippen LogP contribution in [0.2, 0.25) is 0 Å². The second-order valence-electron chi connectivity index (χ2n) is 6.43. The van der Waals surface area contributed by atoms with Gasteiger partial charge < -0.3 is 9.47 Å². The summed E-state index contributed by atoms with van der Waals surface area (Å²) in [5, 5.41) is 4.41. The fraction of sp³-hybridized carbons (Fsp3) is 0.190. The molecule has 0 amide bonds. The third kappa shape index (κ3) is 4.86. The predicted octanol–water partition coefficient (Wildman–Crippen LogP) is 4.70. The zero-order valence-corrected chi connectivity index (χ0v) is 15.7. The zero-order chi connectivity index (χ0) is 21.0. The Bertz CT molecular complexity index is 1130. The fourth-order valence-electron chi connectivity index (χ4n) is 2.96. The van der Waals surface area contributed by atoms with Crippen molar-refractivity contribution in [2.45, 2.75) is 19.2 Å². The number of hydrogen-bond acceptors (Lipinski definition) is 5. The molecule has 0 saturated carbocycles. The van der Waals surface area contributed by atoms with Gasteiger partial charge in [-0.15, -0.1) is 18.3 Å².